The molecule has 2 unspecified atom stereocenters. The van der Waals surface area contributed by atoms with Crippen LogP contribution in [0.5, 0.6) is 0 Å². The molecule has 0 saturated carbocycles. The molecule has 0 rings (SSSR count). The molecule has 0 aromatic rings. The number of allylic oxidation sites excluding steroid dienone is 6. The Morgan fingerprint density at radius 1 is 0.608 bits per heavy atom. The molecule has 0 saturated heterocycles. The molecule has 2 atom stereocenters. The van der Waals surface area contributed by atoms with Crippen molar-refractivity contribution in [2.45, 2.75) is 180 Å². The van der Waals surface area contributed by atoms with E-state index in [9.17, 15) is 19.5 Å². The van der Waals surface area contributed by atoms with Crippen molar-refractivity contribution in [2.75, 3.05) is 41.0 Å². The summed E-state index contributed by atoms with van der Waals surface area (Å²) in [5.74, 6) is -1.75. The third-order valence-corrected chi connectivity index (χ3v) is 9.04. The van der Waals surface area contributed by atoms with Gasteiger partial charge in [0.1, 0.15) is 12.6 Å². The van der Waals surface area contributed by atoms with Gasteiger partial charge in [-0.1, -0.05) is 140 Å². The van der Waals surface area contributed by atoms with Gasteiger partial charge in [0.05, 0.1) is 40.3 Å². The van der Waals surface area contributed by atoms with Crippen LogP contribution in [0.15, 0.2) is 36.5 Å². The number of rotatable bonds is 36. The fourth-order valence-corrected chi connectivity index (χ4v) is 5.85. The minimum Gasteiger partial charge on any atom is -0.544 e. The molecule has 0 aliphatic rings. The minimum absolute atomic E-state index is 0.0408. The molecule has 296 valence electrons. The van der Waals surface area contributed by atoms with Crippen molar-refractivity contribution < 1.29 is 38.2 Å². The highest BCUT2D eigenvalue weighted by molar-refractivity contribution is 5.70. The van der Waals surface area contributed by atoms with E-state index in [1.54, 1.807) is 21.1 Å². The fourth-order valence-electron chi connectivity index (χ4n) is 5.85. The molecule has 0 N–H and O–H groups in total. The number of aliphatic carboxylic acids is 1. The van der Waals surface area contributed by atoms with Gasteiger partial charge in [0.2, 0.25) is 0 Å². The molecule has 0 aromatic heterocycles. The van der Waals surface area contributed by atoms with Gasteiger partial charge < -0.3 is 28.6 Å². The van der Waals surface area contributed by atoms with Crippen molar-refractivity contribution >= 4 is 17.9 Å². The monoisotopic (exact) mass is 720 g/mol. The molecule has 0 aliphatic heterocycles. The van der Waals surface area contributed by atoms with Crippen LogP contribution in [-0.4, -0.2) is 75.5 Å². The Morgan fingerprint density at radius 3 is 1.63 bits per heavy atom. The number of unbranched alkanes of at least 4 members (excludes halogenated alkanes) is 16. The second kappa shape index (κ2) is 34.6. The van der Waals surface area contributed by atoms with Crippen molar-refractivity contribution in [3.8, 4) is 0 Å². The first-order valence-corrected chi connectivity index (χ1v) is 20.5. The van der Waals surface area contributed by atoms with Crippen LogP contribution in [0.1, 0.15) is 168 Å². The van der Waals surface area contributed by atoms with Crippen LogP contribution in [0.2, 0.25) is 0 Å². The molecule has 0 bridgehead atoms. The molecule has 8 nitrogen and oxygen atoms in total. The van der Waals surface area contributed by atoms with Crippen molar-refractivity contribution in [3.63, 3.8) is 0 Å². The highest BCUT2D eigenvalue weighted by Gasteiger charge is 2.25. The first-order chi connectivity index (χ1) is 24.6. The number of nitrogens with zero attached hydrogens (tertiary/aromatic N) is 1. The summed E-state index contributed by atoms with van der Waals surface area (Å²) in [6.45, 7) is 4.51. The van der Waals surface area contributed by atoms with E-state index in [0.29, 0.717) is 12.8 Å². The van der Waals surface area contributed by atoms with Gasteiger partial charge in [-0.3, -0.25) is 9.59 Å². The number of carbonyl (C=O) groups excluding carboxylic acids is 3. The van der Waals surface area contributed by atoms with Crippen LogP contribution in [0.3, 0.4) is 0 Å². The zero-order valence-corrected chi connectivity index (χ0v) is 33.5. The molecular weight excluding hydrogens is 642 g/mol. The van der Waals surface area contributed by atoms with Gasteiger partial charge in [-0.25, -0.2) is 0 Å². The molecule has 0 amide bonds. The smallest absolute Gasteiger partial charge is 0.306 e. The van der Waals surface area contributed by atoms with Crippen LogP contribution in [0, 0.1) is 0 Å². The summed E-state index contributed by atoms with van der Waals surface area (Å²) >= 11 is 0. The molecule has 0 spiro atoms. The van der Waals surface area contributed by atoms with E-state index in [2.05, 4.69) is 50.3 Å². The van der Waals surface area contributed by atoms with Gasteiger partial charge in [0, 0.05) is 19.3 Å². The normalized spacial score (nSPS) is 13.4. The average molecular weight is 720 g/mol. The van der Waals surface area contributed by atoms with Crippen molar-refractivity contribution in [1.29, 1.82) is 0 Å². The van der Waals surface area contributed by atoms with Gasteiger partial charge >= 0.3 is 11.9 Å². The van der Waals surface area contributed by atoms with Crippen LogP contribution in [-0.2, 0) is 28.6 Å². The predicted molar refractivity (Wildman–Crippen MR) is 208 cm³/mol. The number of hydrogen-bond acceptors (Lipinski definition) is 7. The topological polar surface area (TPSA) is 102 Å². The second-order valence-corrected chi connectivity index (χ2v) is 14.8. The summed E-state index contributed by atoms with van der Waals surface area (Å²) in [6.07, 6.45) is 37.5. The van der Waals surface area contributed by atoms with E-state index < -0.39 is 18.1 Å². The zero-order valence-electron chi connectivity index (χ0n) is 33.5. The SMILES string of the molecule is CC/C=C/C/C=C/C/C=C/CCCCCCCCCCCC(=O)OCC(COCCC(C(=O)[O-])[N+](C)(C)C)OC(=O)CCCCCCCCCC. The number of likely N-dealkylation sites (N-methyl/N-ethyl adjacent to an activating group) is 1. The summed E-state index contributed by atoms with van der Waals surface area (Å²) in [4.78, 5) is 36.6. The van der Waals surface area contributed by atoms with Crippen molar-refractivity contribution in [1.82, 2.24) is 0 Å². The Labute approximate surface area is 313 Å². The largest absolute Gasteiger partial charge is 0.544 e. The predicted octanol–water partition coefficient (Wildman–Crippen LogP) is 9.35. The molecule has 0 radical (unpaired) electrons. The Bertz CT molecular complexity index is 937. The number of carboxylic acids is 1. The number of carboxylic acid groups (broad SMARTS) is 1. The number of ether oxygens (including phenoxy) is 3. The second-order valence-electron chi connectivity index (χ2n) is 14.8. The lowest BCUT2D eigenvalue weighted by atomic mass is 10.1. The summed E-state index contributed by atoms with van der Waals surface area (Å²) in [5, 5.41) is 11.6. The van der Waals surface area contributed by atoms with E-state index in [4.69, 9.17) is 14.2 Å². The van der Waals surface area contributed by atoms with Gasteiger partial charge in [-0.05, 0) is 44.9 Å². The molecule has 0 fully saturated rings. The van der Waals surface area contributed by atoms with Crippen LogP contribution < -0.4 is 5.11 Å². The van der Waals surface area contributed by atoms with E-state index in [-0.39, 0.29) is 42.7 Å². The maximum atomic E-state index is 12.6. The fraction of sp³-hybridized carbons (Fsp3) is 0.791. The maximum Gasteiger partial charge on any atom is 0.306 e. The van der Waals surface area contributed by atoms with Crippen molar-refractivity contribution in [2.24, 2.45) is 0 Å². The van der Waals surface area contributed by atoms with E-state index >= 15 is 0 Å². The first-order valence-electron chi connectivity index (χ1n) is 20.5. The Balaban J connectivity index is 4.25. The standard InChI is InChI=1S/C43H77NO7/c1-6-8-10-12-14-16-17-18-19-20-21-22-23-24-25-26-28-29-31-33-41(45)50-38-39(37-49-36-35-40(43(47)48)44(3,4)5)51-42(46)34-32-30-27-15-13-11-9-7-2/h8,10,14,16,18-19,39-40H,6-7,9,11-13,15,17,20-38H2,1-5H3/b10-8+,16-14+,19-18+. The summed E-state index contributed by atoms with van der Waals surface area (Å²) in [7, 11) is 5.39. The van der Waals surface area contributed by atoms with Gasteiger partial charge in [0.15, 0.2) is 6.10 Å². The third-order valence-electron chi connectivity index (χ3n) is 9.04. The Morgan fingerprint density at radius 2 is 1.10 bits per heavy atom. The van der Waals surface area contributed by atoms with Gasteiger partial charge in [-0.15, -0.1) is 0 Å². The first kappa shape index (κ1) is 48.5. The molecule has 8 heteroatoms. The lowest BCUT2D eigenvalue weighted by Crippen LogP contribution is -2.55. The average Bonchev–Trinajstić information content (AvgIpc) is 3.08. The minimum atomic E-state index is -1.13. The molecule has 0 aliphatic carbocycles. The molecule has 0 heterocycles. The number of quaternary nitrogens is 1. The quantitative estimate of drug-likeness (QED) is 0.0275. The summed E-state index contributed by atoms with van der Waals surface area (Å²) < 4.78 is 17.1. The zero-order chi connectivity index (χ0) is 37.8. The maximum absolute atomic E-state index is 12.6. The van der Waals surface area contributed by atoms with Crippen molar-refractivity contribution in [3.05, 3.63) is 36.5 Å². The summed E-state index contributed by atoms with van der Waals surface area (Å²) in [5.41, 5.74) is 0. The number of carbonyl (C=O) groups is 3. The van der Waals surface area contributed by atoms with Gasteiger partial charge in [0.25, 0.3) is 0 Å². The van der Waals surface area contributed by atoms with E-state index in [1.165, 1.54) is 70.6 Å². The summed E-state index contributed by atoms with van der Waals surface area (Å²) in [6, 6.07) is -0.723. The number of hydrogen-bond donors (Lipinski definition) is 0. The Kier molecular flexibility index (Phi) is 33.0. The van der Waals surface area contributed by atoms with Crippen LogP contribution >= 0.6 is 0 Å². The third kappa shape index (κ3) is 33.2. The van der Waals surface area contributed by atoms with E-state index in [0.717, 1.165) is 64.2 Å². The highest BCUT2D eigenvalue weighted by Crippen LogP contribution is 2.14. The highest BCUT2D eigenvalue weighted by atomic mass is 16.6. The van der Waals surface area contributed by atoms with E-state index in [1.807, 2.05) is 0 Å². The molecule has 51 heavy (non-hydrogen) atoms. The molecule has 0 aromatic carbocycles. The lowest BCUT2D eigenvalue weighted by molar-refractivity contribution is -0.889. The van der Waals surface area contributed by atoms with Crippen LogP contribution in [0.25, 0.3) is 0 Å². The van der Waals surface area contributed by atoms with Crippen LogP contribution in [0.4, 0.5) is 0 Å². The van der Waals surface area contributed by atoms with Gasteiger partial charge in [-0.2, -0.15) is 0 Å². The Hall–Kier alpha value is -2.45. The lowest BCUT2D eigenvalue weighted by Gasteiger charge is -2.34. The number of esters is 2. The molecular formula is C43H77NO7.